The Kier molecular flexibility index (Phi) is 3.88. The Morgan fingerprint density at radius 2 is 2.15 bits per heavy atom. The van der Waals surface area contributed by atoms with Crippen LogP contribution in [-0.4, -0.2) is 41.1 Å². The molecule has 138 valence electrons. The molecule has 5 heteroatoms. The lowest BCUT2D eigenvalue weighted by Gasteiger charge is -2.43. The van der Waals surface area contributed by atoms with E-state index in [9.17, 15) is 0 Å². The normalized spacial score (nSPS) is 21.6. The molecular formula is C22H25N5. The number of aromatic nitrogens is 3. The van der Waals surface area contributed by atoms with Crippen LogP contribution in [0.15, 0.2) is 42.9 Å². The molecule has 2 aliphatic rings. The van der Waals surface area contributed by atoms with E-state index >= 15 is 0 Å². The smallest absolute Gasteiger partial charge is 0.142 e. The van der Waals surface area contributed by atoms with Crippen molar-refractivity contribution in [3.8, 4) is 0 Å². The first-order valence-electron chi connectivity index (χ1n) is 9.76. The fraction of sp³-hybridized carbons (Fsp3) is 0.364. The monoisotopic (exact) mass is 359 g/mol. The van der Waals surface area contributed by atoms with Gasteiger partial charge in [0.2, 0.25) is 0 Å². The molecule has 0 saturated carbocycles. The van der Waals surface area contributed by atoms with Gasteiger partial charge in [-0.3, -0.25) is 0 Å². The average molecular weight is 359 g/mol. The molecule has 0 radical (unpaired) electrons. The second-order valence-corrected chi connectivity index (χ2v) is 7.78. The molecule has 1 N–H and O–H groups in total. The number of allylic oxidation sites excluding steroid dienone is 1. The molecule has 2 atom stereocenters. The van der Waals surface area contributed by atoms with Crippen molar-refractivity contribution < 1.29 is 0 Å². The van der Waals surface area contributed by atoms with E-state index in [2.05, 4.69) is 75.1 Å². The molecule has 3 heterocycles. The van der Waals surface area contributed by atoms with Crippen LogP contribution in [0.25, 0.3) is 17.1 Å². The average Bonchev–Trinajstić information content (AvgIpc) is 3.36. The van der Waals surface area contributed by atoms with E-state index < -0.39 is 0 Å². The zero-order valence-electron chi connectivity index (χ0n) is 15.9. The fourth-order valence-corrected chi connectivity index (χ4v) is 4.62. The summed E-state index contributed by atoms with van der Waals surface area (Å²) in [5.74, 6) is 1.68. The van der Waals surface area contributed by atoms with Crippen molar-refractivity contribution in [3.63, 3.8) is 0 Å². The van der Waals surface area contributed by atoms with E-state index in [0.29, 0.717) is 12.0 Å². The highest BCUT2D eigenvalue weighted by Crippen LogP contribution is 2.34. The number of anilines is 2. The van der Waals surface area contributed by atoms with Crippen LogP contribution < -0.4 is 9.80 Å². The van der Waals surface area contributed by atoms with E-state index in [4.69, 9.17) is 0 Å². The first-order valence-corrected chi connectivity index (χ1v) is 9.76. The summed E-state index contributed by atoms with van der Waals surface area (Å²) in [6.45, 7) is 4.39. The zero-order valence-corrected chi connectivity index (χ0v) is 15.9. The summed E-state index contributed by atoms with van der Waals surface area (Å²) in [5, 5.41) is 1.11. The molecule has 0 unspecified atom stereocenters. The van der Waals surface area contributed by atoms with Crippen LogP contribution in [0.5, 0.6) is 0 Å². The van der Waals surface area contributed by atoms with Crippen molar-refractivity contribution in [3.05, 3.63) is 54.0 Å². The lowest BCUT2D eigenvalue weighted by atomic mass is 9.91. The van der Waals surface area contributed by atoms with Crippen LogP contribution in [0.2, 0.25) is 0 Å². The van der Waals surface area contributed by atoms with Crippen molar-refractivity contribution in [2.75, 3.05) is 29.9 Å². The maximum absolute atomic E-state index is 4.62. The number of aromatic amines is 1. The van der Waals surface area contributed by atoms with Crippen molar-refractivity contribution in [2.45, 2.75) is 25.8 Å². The lowest BCUT2D eigenvalue weighted by molar-refractivity contribution is 0.367. The molecule has 5 nitrogen and oxygen atoms in total. The largest absolute Gasteiger partial charge is 0.369 e. The first-order chi connectivity index (χ1) is 13.2. The SMILES string of the molecule is C[C@@H]1CCN(c2ncnc3[nH]ccc23)C[C@@H]1N(C)c1cccc2c1C=CC2. The number of piperidine rings is 1. The number of rotatable bonds is 3. The topological polar surface area (TPSA) is 48.1 Å². The molecule has 1 aliphatic heterocycles. The Morgan fingerprint density at radius 1 is 1.22 bits per heavy atom. The van der Waals surface area contributed by atoms with Gasteiger partial charge in [0, 0.05) is 43.6 Å². The molecule has 0 bridgehead atoms. The van der Waals surface area contributed by atoms with E-state index in [1.807, 2.05) is 6.20 Å². The van der Waals surface area contributed by atoms with Gasteiger partial charge in [0.15, 0.2) is 0 Å². The molecule has 5 rings (SSSR count). The standard InChI is InChI=1S/C22H25N5/c1-15-10-12-27(22-18-9-11-23-21(18)24-14-25-22)13-20(15)26(2)19-8-4-6-16-5-3-7-17(16)19/h3-4,6-9,11,14-15,20H,5,10,12-13H2,1-2H3,(H,23,24,25)/t15-,20+/m1/s1. The predicted octanol–water partition coefficient (Wildman–Crippen LogP) is 3.88. The van der Waals surface area contributed by atoms with E-state index in [0.717, 1.165) is 42.8 Å². The molecule has 0 amide bonds. The number of hydrogen-bond acceptors (Lipinski definition) is 4. The number of benzene rings is 1. The predicted molar refractivity (Wildman–Crippen MR) is 111 cm³/mol. The van der Waals surface area contributed by atoms with Crippen LogP contribution in [0.4, 0.5) is 11.5 Å². The minimum absolute atomic E-state index is 0.447. The summed E-state index contributed by atoms with van der Waals surface area (Å²) in [6.07, 6.45) is 10.4. The maximum atomic E-state index is 4.62. The Bertz CT molecular complexity index is 1000. The number of likely N-dealkylation sites (N-methyl/N-ethyl adjacent to an activating group) is 1. The molecule has 27 heavy (non-hydrogen) atoms. The molecule has 0 spiro atoms. The van der Waals surface area contributed by atoms with Crippen LogP contribution in [0.3, 0.4) is 0 Å². The summed E-state index contributed by atoms with van der Waals surface area (Å²) < 4.78 is 0. The number of hydrogen-bond donors (Lipinski definition) is 1. The highest BCUT2D eigenvalue weighted by Gasteiger charge is 2.32. The summed E-state index contributed by atoms with van der Waals surface area (Å²) in [7, 11) is 2.25. The molecule has 1 aliphatic carbocycles. The van der Waals surface area contributed by atoms with Gasteiger partial charge in [0.1, 0.15) is 17.8 Å². The summed E-state index contributed by atoms with van der Waals surface area (Å²) in [6, 6.07) is 9.22. The van der Waals surface area contributed by atoms with Gasteiger partial charge in [-0.25, -0.2) is 9.97 Å². The van der Waals surface area contributed by atoms with E-state index in [-0.39, 0.29) is 0 Å². The van der Waals surface area contributed by atoms with E-state index in [1.165, 1.54) is 16.8 Å². The van der Waals surface area contributed by atoms with Crippen molar-refractivity contribution >= 4 is 28.6 Å². The third-order valence-electron chi connectivity index (χ3n) is 6.22. The number of nitrogens with one attached hydrogen (secondary N) is 1. The minimum atomic E-state index is 0.447. The number of H-pyrrole nitrogens is 1. The molecule has 2 aromatic heterocycles. The Hall–Kier alpha value is -2.82. The third-order valence-corrected chi connectivity index (χ3v) is 6.22. The minimum Gasteiger partial charge on any atom is -0.369 e. The van der Waals surface area contributed by atoms with Crippen molar-refractivity contribution in [2.24, 2.45) is 5.92 Å². The van der Waals surface area contributed by atoms with Gasteiger partial charge < -0.3 is 14.8 Å². The lowest BCUT2D eigenvalue weighted by Crippen LogP contribution is -2.51. The molecule has 1 saturated heterocycles. The first kappa shape index (κ1) is 16.4. The third kappa shape index (κ3) is 2.69. The summed E-state index contributed by atoms with van der Waals surface area (Å²) in [5.41, 5.74) is 5.08. The quantitative estimate of drug-likeness (QED) is 0.771. The van der Waals surface area contributed by atoms with Crippen LogP contribution in [-0.2, 0) is 6.42 Å². The second-order valence-electron chi connectivity index (χ2n) is 7.78. The molecule has 3 aromatic rings. The highest BCUT2D eigenvalue weighted by atomic mass is 15.3. The number of fused-ring (bicyclic) bond motifs is 2. The number of nitrogens with zero attached hydrogens (tertiary/aromatic N) is 4. The Balaban J connectivity index is 1.47. The van der Waals surface area contributed by atoms with Crippen molar-refractivity contribution in [1.82, 2.24) is 15.0 Å². The molecule has 1 fully saturated rings. The molecular weight excluding hydrogens is 334 g/mol. The molecule has 1 aromatic carbocycles. The van der Waals surface area contributed by atoms with Gasteiger partial charge in [0.05, 0.1) is 5.39 Å². The second kappa shape index (κ2) is 6.41. The van der Waals surface area contributed by atoms with Gasteiger partial charge in [-0.15, -0.1) is 0 Å². The van der Waals surface area contributed by atoms with Gasteiger partial charge >= 0.3 is 0 Å². The van der Waals surface area contributed by atoms with Gasteiger partial charge in [-0.05, 0) is 36.5 Å². The van der Waals surface area contributed by atoms with Crippen LogP contribution in [0, 0.1) is 5.92 Å². The van der Waals surface area contributed by atoms with Crippen LogP contribution in [0.1, 0.15) is 24.5 Å². The Morgan fingerprint density at radius 3 is 3.07 bits per heavy atom. The summed E-state index contributed by atoms with van der Waals surface area (Å²) in [4.78, 5) is 17.1. The summed E-state index contributed by atoms with van der Waals surface area (Å²) >= 11 is 0. The van der Waals surface area contributed by atoms with Crippen LogP contribution >= 0.6 is 0 Å². The van der Waals surface area contributed by atoms with Gasteiger partial charge in [-0.2, -0.15) is 0 Å². The highest BCUT2D eigenvalue weighted by molar-refractivity contribution is 5.87. The van der Waals surface area contributed by atoms with E-state index in [1.54, 1.807) is 6.33 Å². The maximum Gasteiger partial charge on any atom is 0.142 e. The van der Waals surface area contributed by atoms with Gasteiger partial charge in [-0.1, -0.05) is 31.2 Å². The Labute approximate surface area is 159 Å². The van der Waals surface area contributed by atoms with Gasteiger partial charge in [0.25, 0.3) is 0 Å². The zero-order chi connectivity index (χ0) is 18.4. The van der Waals surface area contributed by atoms with Crippen molar-refractivity contribution in [1.29, 1.82) is 0 Å². The fourth-order valence-electron chi connectivity index (χ4n) is 4.62.